The fraction of sp³-hybridized carbons (Fsp3) is 0.296. The molecule has 1 aliphatic rings. The van der Waals surface area contributed by atoms with Crippen LogP contribution in [0, 0.1) is 0 Å². The molecule has 5 rings (SSSR count). The van der Waals surface area contributed by atoms with Gasteiger partial charge in [0.1, 0.15) is 17.6 Å². The van der Waals surface area contributed by atoms with Crippen molar-refractivity contribution >= 4 is 17.1 Å². The van der Waals surface area contributed by atoms with Gasteiger partial charge in [-0.3, -0.25) is 0 Å². The first-order chi connectivity index (χ1) is 16.3. The van der Waals surface area contributed by atoms with Crippen molar-refractivity contribution in [2.75, 3.05) is 6.54 Å². The molecule has 7 nitrogen and oxygen atoms in total. The van der Waals surface area contributed by atoms with Crippen LogP contribution < -0.4 is 5.32 Å². The standard InChI is InChI=1S/C27H28N4O3/c1-26(2,3)34-25(33)29-15-27(14-22(32)19-9-4-5-10-21(19)27)18-8-6-7-17(13-18)23-20-11-12-28-24(20)31-16-30-23/h4-13,16,22,32H,14-15H2,1-3H3,(H,29,33)(H,28,30,31). The Morgan fingerprint density at radius 1 is 1.18 bits per heavy atom. The number of nitrogens with zero attached hydrogens (tertiary/aromatic N) is 2. The van der Waals surface area contributed by atoms with Gasteiger partial charge in [-0.25, -0.2) is 14.8 Å². The van der Waals surface area contributed by atoms with Gasteiger partial charge in [0.15, 0.2) is 0 Å². The summed E-state index contributed by atoms with van der Waals surface area (Å²) in [5.41, 5.74) is 4.21. The van der Waals surface area contributed by atoms with Gasteiger partial charge in [0.25, 0.3) is 0 Å². The molecule has 3 N–H and O–H groups in total. The van der Waals surface area contributed by atoms with E-state index in [-0.39, 0.29) is 0 Å². The van der Waals surface area contributed by atoms with Gasteiger partial charge in [0.2, 0.25) is 0 Å². The summed E-state index contributed by atoms with van der Waals surface area (Å²) < 4.78 is 5.49. The van der Waals surface area contributed by atoms with Gasteiger partial charge in [-0.05, 0) is 56.0 Å². The van der Waals surface area contributed by atoms with E-state index in [1.165, 1.54) is 0 Å². The molecule has 174 valence electrons. The highest BCUT2D eigenvalue weighted by molar-refractivity contribution is 5.90. The van der Waals surface area contributed by atoms with E-state index in [0.717, 1.165) is 39.0 Å². The highest BCUT2D eigenvalue weighted by Crippen LogP contribution is 2.49. The Hall–Kier alpha value is -3.71. The summed E-state index contributed by atoms with van der Waals surface area (Å²) in [6.45, 7) is 5.81. The molecule has 2 atom stereocenters. The number of aliphatic hydroxyl groups is 1. The lowest BCUT2D eigenvalue weighted by Gasteiger charge is -2.32. The van der Waals surface area contributed by atoms with Crippen LogP contribution in [0.3, 0.4) is 0 Å². The molecular weight excluding hydrogens is 428 g/mol. The minimum atomic E-state index is -0.629. The van der Waals surface area contributed by atoms with Gasteiger partial charge >= 0.3 is 6.09 Å². The van der Waals surface area contributed by atoms with Crippen LogP contribution in [0.25, 0.3) is 22.3 Å². The third-order valence-electron chi connectivity index (χ3n) is 6.35. The Balaban J connectivity index is 1.59. The fourth-order valence-electron chi connectivity index (χ4n) is 4.92. The van der Waals surface area contributed by atoms with Crippen molar-refractivity contribution < 1.29 is 14.6 Å². The summed E-state index contributed by atoms with van der Waals surface area (Å²) in [5, 5.41) is 14.9. The molecule has 2 aromatic carbocycles. The highest BCUT2D eigenvalue weighted by Gasteiger charge is 2.45. The first-order valence-corrected chi connectivity index (χ1v) is 11.4. The smallest absolute Gasteiger partial charge is 0.407 e. The lowest BCUT2D eigenvalue weighted by atomic mass is 9.74. The van der Waals surface area contributed by atoms with E-state index in [4.69, 9.17) is 4.74 Å². The first-order valence-electron chi connectivity index (χ1n) is 11.4. The fourth-order valence-corrected chi connectivity index (χ4v) is 4.92. The quantitative estimate of drug-likeness (QED) is 0.407. The highest BCUT2D eigenvalue weighted by atomic mass is 16.6. The van der Waals surface area contributed by atoms with Gasteiger partial charge in [-0.2, -0.15) is 0 Å². The third kappa shape index (κ3) is 3.92. The second-order valence-electron chi connectivity index (χ2n) is 9.79. The lowest BCUT2D eigenvalue weighted by Crippen LogP contribution is -2.42. The lowest BCUT2D eigenvalue weighted by molar-refractivity contribution is 0.0513. The van der Waals surface area contributed by atoms with E-state index >= 15 is 0 Å². The summed E-state index contributed by atoms with van der Waals surface area (Å²) in [7, 11) is 0. The summed E-state index contributed by atoms with van der Waals surface area (Å²) in [6, 6.07) is 18.0. The van der Waals surface area contributed by atoms with Crippen molar-refractivity contribution in [3.05, 3.63) is 83.8 Å². The van der Waals surface area contributed by atoms with Crippen LogP contribution in [-0.2, 0) is 10.2 Å². The Bertz CT molecular complexity index is 1360. The molecule has 0 radical (unpaired) electrons. The number of hydrogen-bond acceptors (Lipinski definition) is 5. The van der Waals surface area contributed by atoms with Gasteiger partial charge in [-0.15, -0.1) is 0 Å². The predicted molar refractivity (Wildman–Crippen MR) is 130 cm³/mol. The second kappa shape index (κ2) is 8.25. The molecular formula is C27H28N4O3. The molecule has 2 aromatic heterocycles. The Labute approximate surface area is 198 Å². The number of aromatic amines is 1. The van der Waals surface area contributed by atoms with Gasteiger partial charge < -0.3 is 20.1 Å². The van der Waals surface area contributed by atoms with Crippen molar-refractivity contribution in [3.63, 3.8) is 0 Å². The minimum Gasteiger partial charge on any atom is -0.444 e. The SMILES string of the molecule is CC(C)(C)OC(=O)NCC1(c2cccc(-c3ncnc4[nH]ccc34)c2)CC(O)c2ccccc21. The van der Waals surface area contributed by atoms with E-state index in [0.29, 0.717) is 13.0 Å². The molecule has 7 heteroatoms. The normalized spacial score (nSPS) is 19.7. The zero-order valence-electron chi connectivity index (χ0n) is 19.5. The van der Waals surface area contributed by atoms with Crippen LogP contribution in [0.4, 0.5) is 4.79 Å². The number of hydrogen-bond donors (Lipinski definition) is 3. The Morgan fingerprint density at radius 3 is 2.82 bits per heavy atom. The average Bonchev–Trinajstić information content (AvgIpc) is 3.40. The number of aliphatic hydroxyl groups excluding tert-OH is 1. The number of fused-ring (bicyclic) bond motifs is 2. The summed E-state index contributed by atoms with van der Waals surface area (Å²) in [5.74, 6) is 0. The molecule has 34 heavy (non-hydrogen) atoms. The molecule has 1 amide bonds. The topological polar surface area (TPSA) is 100 Å². The maximum absolute atomic E-state index is 12.6. The van der Waals surface area contributed by atoms with Crippen LogP contribution in [0.5, 0.6) is 0 Å². The van der Waals surface area contributed by atoms with Gasteiger partial charge in [0, 0.05) is 29.1 Å². The number of H-pyrrole nitrogens is 1. The van der Waals surface area contributed by atoms with Crippen LogP contribution in [0.1, 0.15) is 50.0 Å². The monoisotopic (exact) mass is 456 g/mol. The third-order valence-corrected chi connectivity index (χ3v) is 6.35. The maximum atomic E-state index is 12.6. The van der Waals surface area contributed by atoms with E-state index in [2.05, 4.69) is 26.3 Å². The molecule has 0 saturated carbocycles. The zero-order valence-corrected chi connectivity index (χ0v) is 19.5. The predicted octanol–water partition coefficient (Wildman–Crippen LogP) is 4.87. The second-order valence-corrected chi connectivity index (χ2v) is 9.79. The van der Waals surface area contributed by atoms with Crippen LogP contribution >= 0.6 is 0 Å². The van der Waals surface area contributed by atoms with Crippen molar-refractivity contribution in [2.24, 2.45) is 0 Å². The number of carbonyl (C=O) groups is 1. The van der Waals surface area contributed by atoms with Crippen molar-refractivity contribution in [2.45, 2.75) is 44.3 Å². The van der Waals surface area contributed by atoms with E-state index in [9.17, 15) is 9.90 Å². The molecule has 1 aliphatic carbocycles. The molecule has 0 bridgehead atoms. The molecule has 0 saturated heterocycles. The number of alkyl carbamates (subject to hydrolysis) is 1. The van der Waals surface area contributed by atoms with E-state index in [1.807, 2.05) is 75.5 Å². The number of ether oxygens (including phenoxy) is 1. The Kier molecular flexibility index (Phi) is 5.37. The maximum Gasteiger partial charge on any atom is 0.407 e. The van der Waals surface area contributed by atoms with E-state index < -0.39 is 23.2 Å². The number of benzene rings is 2. The zero-order chi connectivity index (χ0) is 23.9. The van der Waals surface area contributed by atoms with Gasteiger partial charge in [0.05, 0.1) is 11.8 Å². The minimum absolute atomic E-state index is 0.294. The largest absolute Gasteiger partial charge is 0.444 e. The number of amides is 1. The molecule has 0 spiro atoms. The summed E-state index contributed by atoms with van der Waals surface area (Å²) in [4.78, 5) is 24.5. The van der Waals surface area contributed by atoms with Crippen LogP contribution in [0.2, 0.25) is 0 Å². The van der Waals surface area contributed by atoms with Crippen molar-refractivity contribution in [3.8, 4) is 11.3 Å². The van der Waals surface area contributed by atoms with E-state index in [1.54, 1.807) is 6.33 Å². The summed E-state index contributed by atoms with van der Waals surface area (Å²) in [6.07, 6.45) is 2.75. The summed E-state index contributed by atoms with van der Waals surface area (Å²) >= 11 is 0. The van der Waals surface area contributed by atoms with Crippen LogP contribution in [-0.4, -0.2) is 38.3 Å². The number of aromatic nitrogens is 3. The number of nitrogens with one attached hydrogen (secondary N) is 2. The Morgan fingerprint density at radius 2 is 2.00 bits per heavy atom. The first kappa shape index (κ1) is 22.1. The van der Waals surface area contributed by atoms with Crippen molar-refractivity contribution in [1.82, 2.24) is 20.3 Å². The number of rotatable bonds is 4. The van der Waals surface area contributed by atoms with Crippen molar-refractivity contribution in [1.29, 1.82) is 0 Å². The number of carbonyl (C=O) groups excluding carboxylic acids is 1. The molecule has 4 aromatic rings. The molecule has 2 heterocycles. The van der Waals surface area contributed by atoms with Crippen LogP contribution in [0.15, 0.2) is 67.1 Å². The van der Waals surface area contributed by atoms with Gasteiger partial charge in [-0.1, -0.05) is 42.5 Å². The molecule has 0 aliphatic heterocycles. The molecule has 0 fully saturated rings. The average molecular weight is 457 g/mol. The molecule has 2 unspecified atom stereocenters.